The van der Waals surface area contributed by atoms with E-state index in [1.54, 1.807) is 12.1 Å². The van der Waals surface area contributed by atoms with Crippen molar-refractivity contribution in [3.63, 3.8) is 0 Å². The summed E-state index contributed by atoms with van der Waals surface area (Å²) in [6.07, 6.45) is 3.58. The number of hydrogen-bond acceptors (Lipinski definition) is 3. The summed E-state index contributed by atoms with van der Waals surface area (Å²) in [5, 5.41) is 11.3. The summed E-state index contributed by atoms with van der Waals surface area (Å²) in [4.78, 5) is 12.9. The molecular weight excluding hydrogens is 240 g/mol. The van der Waals surface area contributed by atoms with Gasteiger partial charge in [-0.05, 0) is 37.3 Å². The molecule has 0 spiro atoms. The number of halogens is 1. The minimum Gasteiger partial charge on any atom is -0.363 e. The van der Waals surface area contributed by atoms with E-state index < -0.39 is 0 Å². The summed E-state index contributed by atoms with van der Waals surface area (Å²) >= 11 is 5.94. The molecule has 2 fully saturated rings. The first-order valence-electron chi connectivity index (χ1n) is 5.86. The predicted molar refractivity (Wildman–Crippen MR) is 66.6 cm³/mol. The summed E-state index contributed by atoms with van der Waals surface area (Å²) in [7, 11) is 0. The second-order valence-electron chi connectivity index (χ2n) is 4.85. The molecule has 0 aromatic heterocycles. The summed E-state index contributed by atoms with van der Waals surface area (Å²) in [6, 6.07) is 5.65. The molecule has 0 N–H and O–H groups in total. The SMILES string of the molecule is O=[N+]([O-])c1c(Cl)cccc1N1CC2CCC1C2. The van der Waals surface area contributed by atoms with E-state index in [0.29, 0.717) is 17.6 Å². The molecule has 1 aliphatic carbocycles. The average molecular weight is 253 g/mol. The van der Waals surface area contributed by atoms with Crippen molar-refractivity contribution in [1.82, 2.24) is 0 Å². The van der Waals surface area contributed by atoms with Crippen LogP contribution >= 0.6 is 11.6 Å². The molecule has 2 aliphatic rings. The lowest BCUT2D eigenvalue weighted by Gasteiger charge is -2.28. The number of nitrogens with zero attached hydrogens (tertiary/aromatic N) is 2. The Morgan fingerprint density at radius 2 is 2.24 bits per heavy atom. The molecular formula is C12H13ClN2O2. The van der Waals surface area contributed by atoms with Gasteiger partial charge in [0.05, 0.1) is 4.92 Å². The van der Waals surface area contributed by atoms with E-state index in [1.165, 1.54) is 12.8 Å². The van der Waals surface area contributed by atoms with Crippen molar-refractivity contribution in [2.45, 2.75) is 25.3 Å². The predicted octanol–water partition coefficient (Wildman–Crippen LogP) is 3.24. The van der Waals surface area contributed by atoms with Gasteiger partial charge in [0.25, 0.3) is 0 Å². The van der Waals surface area contributed by atoms with Gasteiger partial charge in [-0.25, -0.2) is 0 Å². The minimum atomic E-state index is -0.371. The summed E-state index contributed by atoms with van der Waals surface area (Å²) < 4.78 is 0. The highest BCUT2D eigenvalue weighted by Crippen LogP contribution is 2.44. The number of nitro groups is 1. The van der Waals surface area contributed by atoms with Crippen LogP contribution in [-0.4, -0.2) is 17.5 Å². The minimum absolute atomic E-state index is 0.0571. The maximum absolute atomic E-state index is 11.1. The lowest BCUT2D eigenvalue weighted by atomic mass is 10.1. The van der Waals surface area contributed by atoms with Gasteiger partial charge < -0.3 is 4.90 Å². The zero-order valence-electron chi connectivity index (χ0n) is 9.30. The zero-order valence-corrected chi connectivity index (χ0v) is 10.1. The number of anilines is 1. The van der Waals surface area contributed by atoms with Crippen LogP contribution in [0, 0.1) is 16.0 Å². The van der Waals surface area contributed by atoms with Crippen molar-refractivity contribution >= 4 is 23.0 Å². The molecule has 2 unspecified atom stereocenters. The smallest absolute Gasteiger partial charge is 0.310 e. The summed E-state index contributed by atoms with van der Waals surface area (Å²) in [5.74, 6) is 0.707. The van der Waals surface area contributed by atoms with Gasteiger partial charge in [-0.2, -0.15) is 0 Å². The fraction of sp³-hybridized carbons (Fsp3) is 0.500. The van der Waals surface area contributed by atoms with Gasteiger partial charge in [0.15, 0.2) is 0 Å². The largest absolute Gasteiger partial charge is 0.363 e. The van der Waals surface area contributed by atoms with Crippen LogP contribution in [0.25, 0.3) is 0 Å². The highest BCUT2D eigenvalue weighted by Gasteiger charge is 2.40. The van der Waals surface area contributed by atoms with Crippen LogP contribution in [0.1, 0.15) is 19.3 Å². The zero-order chi connectivity index (χ0) is 12.0. The Morgan fingerprint density at radius 3 is 2.82 bits per heavy atom. The first-order valence-corrected chi connectivity index (χ1v) is 6.24. The molecule has 1 saturated heterocycles. The van der Waals surface area contributed by atoms with Gasteiger partial charge in [-0.1, -0.05) is 17.7 Å². The van der Waals surface area contributed by atoms with Crippen molar-refractivity contribution in [3.05, 3.63) is 33.3 Å². The Bertz CT molecular complexity index is 478. The van der Waals surface area contributed by atoms with Gasteiger partial charge >= 0.3 is 5.69 Å². The standard InChI is InChI=1S/C12H13ClN2O2/c13-10-2-1-3-11(12(10)15(16)17)14-7-8-4-5-9(14)6-8/h1-3,8-9H,4-7H2. The van der Waals surface area contributed by atoms with Crippen LogP contribution in [0.3, 0.4) is 0 Å². The Balaban J connectivity index is 2.03. The molecule has 3 rings (SSSR count). The van der Waals surface area contributed by atoms with Crippen LogP contribution in [0.15, 0.2) is 18.2 Å². The first-order chi connectivity index (χ1) is 8.16. The molecule has 1 aromatic carbocycles. The lowest BCUT2D eigenvalue weighted by Crippen LogP contribution is -2.32. The average Bonchev–Trinajstić information content (AvgIpc) is 2.89. The fourth-order valence-electron chi connectivity index (χ4n) is 3.14. The molecule has 1 heterocycles. The number of piperidine rings is 1. The maximum atomic E-state index is 11.1. The van der Waals surface area contributed by atoms with E-state index in [9.17, 15) is 10.1 Å². The molecule has 0 radical (unpaired) electrons. The van der Waals surface area contributed by atoms with E-state index in [0.717, 1.165) is 13.0 Å². The highest BCUT2D eigenvalue weighted by molar-refractivity contribution is 6.33. The number of nitro benzene ring substituents is 1. The van der Waals surface area contributed by atoms with Crippen LogP contribution in [0.4, 0.5) is 11.4 Å². The number of benzene rings is 1. The molecule has 5 heteroatoms. The van der Waals surface area contributed by atoms with Gasteiger partial charge in [0, 0.05) is 12.6 Å². The normalized spacial score (nSPS) is 26.5. The first kappa shape index (κ1) is 10.8. The molecule has 90 valence electrons. The number of para-hydroxylation sites is 1. The van der Waals surface area contributed by atoms with Crippen LogP contribution in [0.5, 0.6) is 0 Å². The molecule has 1 saturated carbocycles. The molecule has 1 aromatic rings. The van der Waals surface area contributed by atoms with Crippen LogP contribution < -0.4 is 4.90 Å². The van der Waals surface area contributed by atoms with E-state index in [-0.39, 0.29) is 15.6 Å². The molecule has 0 amide bonds. The van der Waals surface area contributed by atoms with E-state index in [2.05, 4.69) is 4.90 Å². The molecule has 1 aliphatic heterocycles. The van der Waals surface area contributed by atoms with Crippen LogP contribution in [0.2, 0.25) is 5.02 Å². The monoisotopic (exact) mass is 252 g/mol. The molecule has 2 bridgehead atoms. The Kier molecular flexibility index (Phi) is 2.47. The topological polar surface area (TPSA) is 46.4 Å². The van der Waals surface area contributed by atoms with Crippen molar-refractivity contribution < 1.29 is 4.92 Å². The lowest BCUT2D eigenvalue weighted by molar-refractivity contribution is -0.384. The molecule has 17 heavy (non-hydrogen) atoms. The fourth-order valence-corrected chi connectivity index (χ4v) is 3.37. The van der Waals surface area contributed by atoms with Gasteiger partial charge in [-0.15, -0.1) is 0 Å². The Hall–Kier alpha value is -1.29. The van der Waals surface area contributed by atoms with E-state index in [4.69, 9.17) is 11.6 Å². The third-order valence-electron chi connectivity index (χ3n) is 3.87. The van der Waals surface area contributed by atoms with Gasteiger partial charge in [-0.3, -0.25) is 10.1 Å². The molecule has 2 atom stereocenters. The highest BCUT2D eigenvalue weighted by atomic mass is 35.5. The number of hydrogen-bond donors (Lipinski definition) is 0. The van der Waals surface area contributed by atoms with Crippen LogP contribution in [-0.2, 0) is 0 Å². The second kappa shape index (κ2) is 3.88. The summed E-state index contributed by atoms with van der Waals surface area (Å²) in [6.45, 7) is 0.936. The third-order valence-corrected chi connectivity index (χ3v) is 4.17. The van der Waals surface area contributed by atoms with Crippen molar-refractivity contribution in [2.24, 2.45) is 5.92 Å². The van der Waals surface area contributed by atoms with Gasteiger partial charge in [0.2, 0.25) is 0 Å². The van der Waals surface area contributed by atoms with Crippen molar-refractivity contribution in [3.8, 4) is 0 Å². The van der Waals surface area contributed by atoms with Gasteiger partial charge in [0.1, 0.15) is 10.7 Å². The third kappa shape index (κ3) is 1.67. The van der Waals surface area contributed by atoms with E-state index in [1.807, 2.05) is 6.07 Å². The quantitative estimate of drug-likeness (QED) is 0.600. The van der Waals surface area contributed by atoms with Crippen molar-refractivity contribution in [1.29, 1.82) is 0 Å². The van der Waals surface area contributed by atoms with Crippen molar-refractivity contribution in [2.75, 3.05) is 11.4 Å². The number of rotatable bonds is 2. The molecule has 4 nitrogen and oxygen atoms in total. The second-order valence-corrected chi connectivity index (χ2v) is 5.26. The number of fused-ring (bicyclic) bond motifs is 2. The summed E-state index contributed by atoms with van der Waals surface area (Å²) in [5.41, 5.74) is 0.747. The Labute approximate surface area is 104 Å². The maximum Gasteiger partial charge on any atom is 0.310 e. The van der Waals surface area contributed by atoms with E-state index >= 15 is 0 Å². The Morgan fingerprint density at radius 1 is 1.41 bits per heavy atom.